The Balaban J connectivity index is 1.59. The number of hydrogen-bond donors (Lipinski definition) is 2. The maximum Gasteiger partial charge on any atom is 0.242 e. The first-order chi connectivity index (χ1) is 16.5. The fourth-order valence-electron chi connectivity index (χ4n) is 3.39. The molecule has 4 aromatic rings. The highest BCUT2D eigenvalue weighted by atomic mass is 32.2. The van der Waals surface area contributed by atoms with E-state index in [9.17, 15) is 13.2 Å². The van der Waals surface area contributed by atoms with Gasteiger partial charge in [0.25, 0.3) is 0 Å². The number of carbonyl (C=O) groups excluding carboxylic acids is 1. The van der Waals surface area contributed by atoms with Gasteiger partial charge in [-0.15, -0.1) is 0 Å². The number of rotatable bonds is 9. The molecule has 0 aromatic heterocycles. The summed E-state index contributed by atoms with van der Waals surface area (Å²) < 4.78 is 28.6. The number of nitrogens with one attached hydrogen (secondary N) is 2. The number of anilines is 1. The first-order valence-electron chi connectivity index (χ1n) is 10.8. The van der Waals surface area contributed by atoms with Crippen LogP contribution in [0.25, 0.3) is 0 Å². The molecule has 172 valence electrons. The molecule has 0 aliphatic carbocycles. The van der Waals surface area contributed by atoms with Crippen LogP contribution in [0.5, 0.6) is 0 Å². The zero-order valence-corrected chi connectivity index (χ0v) is 19.9. The minimum Gasteiger partial charge on any atom is -0.324 e. The van der Waals surface area contributed by atoms with Crippen molar-refractivity contribution in [3.8, 4) is 0 Å². The molecule has 7 heteroatoms. The van der Waals surface area contributed by atoms with Gasteiger partial charge in [0.2, 0.25) is 15.9 Å². The molecule has 0 aliphatic rings. The van der Waals surface area contributed by atoms with Crippen LogP contribution in [0.1, 0.15) is 5.56 Å². The Morgan fingerprint density at radius 2 is 1.29 bits per heavy atom. The van der Waals surface area contributed by atoms with Crippen LogP contribution >= 0.6 is 11.8 Å². The first kappa shape index (κ1) is 23.8. The Hall–Kier alpha value is -3.39. The third kappa shape index (κ3) is 6.35. The lowest BCUT2D eigenvalue weighted by Crippen LogP contribution is -2.45. The van der Waals surface area contributed by atoms with E-state index in [1.54, 1.807) is 18.2 Å². The second kappa shape index (κ2) is 11.2. The molecule has 0 bridgehead atoms. The summed E-state index contributed by atoms with van der Waals surface area (Å²) in [6.07, 6.45) is 0.215. The molecule has 0 fully saturated rings. The molecule has 0 unspecified atom stereocenters. The van der Waals surface area contributed by atoms with Gasteiger partial charge in [0, 0.05) is 9.79 Å². The topological polar surface area (TPSA) is 75.3 Å². The Morgan fingerprint density at radius 3 is 1.97 bits per heavy atom. The molecule has 0 radical (unpaired) electrons. The molecular formula is C27H24N2O3S2. The fourth-order valence-corrected chi connectivity index (χ4v) is 5.53. The monoisotopic (exact) mass is 488 g/mol. The predicted octanol–water partition coefficient (Wildman–Crippen LogP) is 5.37. The maximum atomic E-state index is 13.4. The van der Waals surface area contributed by atoms with E-state index in [-0.39, 0.29) is 11.3 Å². The van der Waals surface area contributed by atoms with Crippen LogP contribution in [0.2, 0.25) is 0 Å². The van der Waals surface area contributed by atoms with Crippen molar-refractivity contribution in [3.63, 3.8) is 0 Å². The normalized spacial score (nSPS) is 12.1. The molecule has 1 amide bonds. The standard InChI is InChI=1S/C27H24N2O3S2/c30-27(28-24-18-10-11-19-26(24)33-22-14-6-2-7-15-22)25(20-21-12-4-1-5-13-21)29-34(31,32)23-16-8-3-9-17-23/h1-19,25,29H,20H2,(H,28,30)/t25-/m0/s1. The highest BCUT2D eigenvalue weighted by Crippen LogP contribution is 2.33. The molecule has 0 aliphatic heterocycles. The summed E-state index contributed by atoms with van der Waals surface area (Å²) in [4.78, 5) is 15.4. The van der Waals surface area contributed by atoms with Crippen LogP contribution in [0.3, 0.4) is 0 Å². The second-order valence-corrected chi connectivity index (χ2v) is 10.4. The Bertz CT molecular complexity index is 1330. The molecule has 0 heterocycles. The van der Waals surface area contributed by atoms with Gasteiger partial charge in [-0.25, -0.2) is 8.42 Å². The molecule has 0 saturated carbocycles. The largest absolute Gasteiger partial charge is 0.324 e. The minimum absolute atomic E-state index is 0.112. The molecule has 0 spiro atoms. The molecular weight excluding hydrogens is 464 g/mol. The van der Waals surface area contributed by atoms with E-state index in [2.05, 4.69) is 10.0 Å². The van der Waals surface area contributed by atoms with E-state index in [0.717, 1.165) is 15.4 Å². The van der Waals surface area contributed by atoms with Gasteiger partial charge in [-0.3, -0.25) is 4.79 Å². The molecule has 5 nitrogen and oxygen atoms in total. The first-order valence-corrected chi connectivity index (χ1v) is 13.1. The van der Waals surface area contributed by atoms with Crippen LogP contribution < -0.4 is 10.0 Å². The van der Waals surface area contributed by atoms with Gasteiger partial charge < -0.3 is 5.32 Å². The molecule has 4 aromatic carbocycles. The SMILES string of the molecule is O=C(Nc1ccccc1Sc1ccccc1)[C@H](Cc1ccccc1)NS(=O)(=O)c1ccccc1. The number of sulfonamides is 1. The summed E-state index contributed by atoms with van der Waals surface area (Å²) in [5.74, 6) is -0.426. The van der Waals surface area contributed by atoms with Crippen LogP contribution in [-0.2, 0) is 21.2 Å². The molecule has 0 saturated heterocycles. The smallest absolute Gasteiger partial charge is 0.242 e. The summed E-state index contributed by atoms with van der Waals surface area (Å²) in [5, 5.41) is 2.94. The summed E-state index contributed by atoms with van der Waals surface area (Å²) in [5.41, 5.74) is 1.48. The third-order valence-corrected chi connectivity index (χ3v) is 7.64. The van der Waals surface area contributed by atoms with Gasteiger partial charge in [0.1, 0.15) is 6.04 Å². The number of hydrogen-bond acceptors (Lipinski definition) is 4. The Labute approximate surface area is 204 Å². The van der Waals surface area contributed by atoms with Crippen molar-refractivity contribution in [2.75, 3.05) is 5.32 Å². The van der Waals surface area contributed by atoms with Gasteiger partial charge in [0.15, 0.2) is 0 Å². The van der Waals surface area contributed by atoms with E-state index in [4.69, 9.17) is 0 Å². The average Bonchev–Trinajstić information content (AvgIpc) is 2.86. The van der Waals surface area contributed by atoms with E-state index in [1.807, 2.05) is 84.9 Å². The summed E-state index contributed by atoms with van der Waals surface area (Å²) in [6.45, 7) is 0. The molecule has 2 N–H and O–H groups in total. The van der Waals surface area contributed by atoms with Crippen molar-refractivity contribution in [2.45, 2.75) is 27.1 Å². The van der Waals surface area contributed by atoms with E-state index < -0.39 is 22.0 Å². The quantitative estimate of drug-likeness (QED) is 0.332. The van der Waals surface area contributed by atoms with Crippen molar-refractivity contribution in [2.24, 2.45) is 0 Å². The van der Waals surface area contributed by atoms with Gasteiger partial charge >= 0.3 is 0 Å². The van der Waals surface area contributed by atoms with E-state index in [1.165, 1.54) is 23.9 Å². The minimum atomic E-state index is -3.89. The molecule has 4 rings (SSSR count). The van der Waals surface area contributed by atoms with Gasteiger partial charge in [0.05, 0.1) is 10.6 Å². The van der Waals surface area contributed by atoms with E-state index in [0.29, 0.717) is 5.69 Å². The average molecular weight is 489 g/mol. The summed E-state index contributed by atoms with van der Waals surface area (Å²) in [7, 11) is -3.89. The van der Waals surface area contributed by atoms with Crippen molar-refractivity contribution >= 4 is 33.4 Å². The van der Waals surface area contributed by atoms with Crippen molar-refractivity contribution in [1.82, 2.24) is 4.72 Å². The highest BCUT2D eigenvalue weighted by molar-refractivity contribution is 7.99. The van der Waals surface area contributed by atoms with Crippen LogP contribution in [0.4, 0.5) is 5.69 Å². The molecule has 34 heavy (non-hydrogen) atoms. The number of para-hydroxylation sites is 1. The van der Waals surface area contributed by atoms with Crippen LogP contribution in [0.15, 0.2) is 130 Å². The lowest BCUT2D eigenvalue weighted by molar-refractivity contribution is -0.117. The second-order valence-electron chi connectivity index (χ2n) is 7.58. The van der Waals surface area contributed by atoms with Crippen molar-refractivity contribution in [1.29, 1.82) is 0 Å². The predicted molar refractivity (Wildman–Crippen MR) is 136 cm³/mol. The highest BCUT2D eigenvalue weighted by Gasteiger charge is 2.26. The lowest BCUT2D eigenvalue weighted by atomic mass is 10.1. The van der Waals surface area contributed by atoms with Crippen molar-refractivity contribution < 1.29 is 13.2 Å². The van der Waals surface area contributed by atoms with Crippen LogP contribution in [-0.4, -0.2) is 20.4 Å². The van der Waals surface area contributed by atoms with Crippen LogP contribution in [0, 0.1) is 0 Å². The Kier molecular flexibility index (Phi) is 7.80. The summed E-state index contributed by atoms with van der Waals surface area (Å²) >= 11 is 1.53. The zero-order chi connectivity index (χ0) is 23.8. The maximum absolute atomic E-state index is 13.4. The molecule has 1 atom stereocenters. The fraction of sp³-hybridized carbons (Fsp3) is 0.0741. The number of benzene rings is 4. The van der Waals surface area contributed by atoms with Crippen molar-refractivity contribution in [3.05, 3.63) is 121 Å². The summed E-state index contributed by atoms with van der Waals surface area (Å²) in [6, 6.07) is 33.7. The van der Waals surface area contributed by atoms with Gasteiger partial charge in [-0.05, 0) is 48.4 Å². The number of carbonyl (C=O) groups is 1. The van der Waals surface area contributed by atoms with E-state index >= 15 is 0 Å². The number of amides is 1. The van der Waals surface area contributed by atoms with Gasteiger partial charge in [-0.1, -0.05) is 90.6 Å². The third-order valence-electron chi connectivity index (χ3n) is 5.07. The zero-order valence-electron chi connectivity index (χ0n) is 18.3. The van der Waals surface area contributed by atoms with Gasteiger partial charge in [-0.2, -0.15) is 4.72 Å². The Morgan fingerprint density at radius 1 is 0.735 bits per heavy atom. The lowest BCUT2D eigenvalue weighted by Gasteiger charge is -2.20.